The third kappa shape index (κ3) is 3.41. The summed E-state index contributed by atoms with van der Waals surface area (Å²) in [6, 6.07) is 5.70. The van der Waals surface area contributed by atoms with Crippen LogP contribution in [0.3, 0.4) is 0 Å². The summed E-state index contributed by atoms with van der Waals surface area (Å²) in [4.78, 5) is 0. The van der Waals surface area contributed by atoms with Crippen molar-refractivity contribution in [3.63, 3.8) is 0 Å². The lowest BCUT2D eigenvalue weighted by Crippen LogP contribution is -2.05. The van der Waals surface area contributed by atoms with Gasteiger partial charge in [-0.15, -0.1) is 0 Å². The van der Waals surface area contributed by atoms with Crippen LogP contribution in [-0.2, 0) is 0 Å². The van der Waals surface area contributed by atoms with Gasteiger partial charge in [0.05, 0.1) is 0 Å². The number of hydrogen-bond acceptors (Lipinski definition) is 2. The van der Waals surface area contributed by atoms with Crippen molar-refractivity contribution >= 4 is 21.6 Å². The van der Waals surface area contributed by atoms with Crippen LogP contribution in [0.1, 0.15) is 12.0 Å². The van der Waals surface area contributed by atoms with Gasteiger partial charge in [-0.1, -0.05) is 27.8 Å². The van der Waals surface area contributed by atoms with Crippen LogP contribution in [0, 0.1) is 11.8 Å². The Morgan fingerprint density at radius 2 is 2.29 bits per heavy atom. The molecule has 0 amide bonds. The standard InChI is InChI=1S/C11H13BrN2/c1-14-7-3-2-4-9-8-10(12)5-6-11(9)13/h5-6,8,14H,3,7,13H2,1H3. The molecule has 1 rings (SSSR count). The van der Waals surface area contributed by atoms with E-state index in [0.29, 0.717) is 0 Å². The summed E-state index contributed by atoms with van der Waals surface area (Å²) < 4.78 is 1.00. The lowest BCUT2D eigenvalue weighted by molar-refractivity contribution is 0.818. The van der Waals surface area contributed by atoms with Gasteiger partial charge in [-0.25, -0.2) is 0 Å². The fourth-order valence-electron chi connectivity index (χ4n) is 0.982. The molecule has 0 unspecified atom stereocenters. The van der Waals surface area contributed by atoms with E-state index in [1.54, 1.807) is 0 Å². The molecule has 0 saturated carbocycles. The first-order valence-corrected chi connectivity index (χ1v) is 5.22. The zero-order valence-electron chi connectivity index (χ0n) is 8.10. The van der Waals surface area contributed by atoms with Crippen molar-refractivity contribution in [1.29, 1.82) is 0 Å². The fourth-order valence-corrected chi connectivity index (χ4v) is 1.34. The highest BCUT2D eigenvalue weighted by Gasteiger charge is 1.95. The normalized spacial score (nSPS) is 9.29. The van der Waals surface area contributed by atoms with Gasteiger partial charge in [0.25, 0.3) is 0 Å². The SMILES string of the molecule is CNCCC#Cc1cc(Br)ccc1N. The first-order chi connectivity index (χ1) is 6.74. The van der Waals surface area contributed by atoms with E-state index in [4.69, 9.17) is 5.73 Å². The third-order valence-electron chi connectivity index (χ3n) is 1.74. The maximum atomic E-state index is 5.77. The molecular weight excluding hydrogens is 240 g/mol. The minimum absolute atomic E-state index is 0.727. The summed E-state index contributed by atoms with van der Waals surface area (Å²) in [5.41, 5.74) is 7.38. The topological polar surface area (TPSA) is 38.0 Å². The van der Waals surface area contributed by atoms with Crippen LogP contribution < -0.4 is 11.1 Å². The molecule has 0 radical (unpaired) electrons. The molecule has 0 aliphatic rings. The summed E-state index contributed by atoms with van der Waals surface area (Å²) in [6.45, 7) is 0.904. The lowest BCUT2D eigenvalue weighted by atomic mass is 10.2. The molecule has 0 aliphatic carbocycles. The van der Waals surface area contributed by atoms with Gasteiger partial charge in [0.2, 0.25) is 0 Å². The van der Waals surface area contributed by atoms with Crippen molar-refractivity contribution in [2.24, 2.45) is 0 Å². The summed E-state index contributed by atoms with van der Waals surface area (Å²) in [7, 11) is 1.91. The zero-order valence-corrected chi connectivity index (χ0v) is 9.69. The highest BCUT2D eigenvalue weighted by molar-refractivity contribution is 9.10. The first-order valence-electron chi connectivity index (χ1n) is 4.42. The van der Waals surface area contributed by atoms with E-state index >= 15 is 0 Å². The van der Waals surface area contributed by atoms with Crippen LogP contribution in [0.4, 0.5) is 5.69 Å². The molecule has 1 aromatic rings. The van der Waals surface area contributed by atoms with Gasteiger partial charge in [0.15, 0.2) is 0 Å². The van der Waals surface area contributed by atoms with E-state index in [1.165, 1.54) is 0 Å². The number of nitrogen functional groups attached to an aromatic ring is 1. The zero-order chi connectivity index (χ0) is 10.4. The number of rotatable bonds is 2. The summed E-state index contributed by atoms with van der Waals surface area (Å²) in [5, 5.41) is 3.04. The predicted molar refractivity (Wildman–Crippen MR) is 64.0 cm³/mol. The highest BCUT2D eigenvalue weighted by atomic mass is 79.9. The molecule has 2 nitrogen and oxygen atoms in total. The Labute approximate surface area is 93.0 Å². The van der Waals surface area contributed by atoms with Crippen molar-refractivity contribution in [2.75, 3.05) is 19.3 Å². The molecule has 0 heterocycles. The molecule has 0 saturated heterocycles. The lowest BCUT2D eigenvalue weighted by Gasteiger charge is -1.97. The molecule has 0 atom stereocenters. The van der Waals surface area contributed by atoms with Gasteiger partial charge >= 0.3 is 0 Å². The minimum Gasteiger partial charge on any atom is -0.398 e. The van der Waals surface area contributed by atoms with Gasteiger partial charge in [-0.2, -0.15) is 0 Å². The molecule has 74 valence electrons. The van der Waals surface area contributed by atoms with Gasteiger partial charge in [-0.3, -0.25) is 0 Å². The van der Waals surface area contributed by atoms with Crippen LogP contribution in [0.5, 0.6) is 0 Å². The molecule has 3 heteroatoms. The Balaban J connectivity index is 2.73. The van der Waals surface area contributed by atoms with Gasteiger partial charge in [-0.05, 0) is 25.2 Å². The van der Waals surface area contributed by atoms with E-state index in [1.807, 2.05) is 25.2 Å². The Bertz CT molecular complexity index is 363. The smallest absolute Gasteiger partial charge is 0.0486 e. The second-order valence-corrected chi connectivity index (χ2v) is 3.80. The van der Waals surface area contributed by atoms with Crippen molar-refractivity contribution in [3.05, 3.63) is 28.2 Å². The molecule has 0 aliphatic heterocycles. The van der Waals surface area contributed by atoms with Crippen molar-refractivity contribution in [3.8, 4) is 11.8 Å². The average Bonchev–Trinajstić information content (AvgIpc) is 2.18. The average molecular weight is 253 g/mol. The fraction of sp³-hybridized carbons (Fsp3) is 0.273. The number of anilines is 1. The Morgan fingerprint density at radius 1 is 1.50 bits per heavy atom. The van der Waals surface area contributed by atoms with Crippen LogP contribution in [0.15, 0.2) is 22.7 Å². The number of benzene rings is 1. The van der Waals surface area contributed by atoms with Crippen LogP contribution >= 0.6 is 15.9 Å². The second-order valence-electron chi connectivity index (χ2n) is 2.89. The summed E-state index contributed by atoms with van der Waals surface area (Å²) in [6.07, 6.45) is 0.836. The summed E-state index contributed by atoms with van der Waals surface area (Å²) in [5.74, 6) is 6.10. The molecule has 1 aromatic carbocycles. The molecule has 0 spiro atoms. The number of halogens is 1. The quantitative estimate of drug-likeness (QED) is 0.480. The summed E-state index contributed by atoms with van der Waals surface area (Å²) >= 11 is 3.38. The van der Waals surface area contributed by atoms with Crippen LogP contribution in [-0.4, -0.2) is 13.6 Å². The Morgan fingerprint density at radius 3 is 3.00 bits per heavy atom. The highest BCUT2D eigenvalue weighted by Crippen LogP contribution is 2.17. The predicted octanol–water partition coefficient (Wildman–Crippen LogP) is 1.99. The van der Waals surface area contributed by atoms with E-state index in [0.717, 1.165) is 28.7 Å². The van der Waals surface area contributed by atoms with Crippen molar-refractivity contribution < 1.29 is 0 Å². The van der Waals surface area contributed by atoms with Crippen molar-refractivity contribution in [1.82, 2.24) is 5.32 Å². The maximum absolute atomic E-state index is 5.77. The molecule has 0 fully saturated rings. The Kier molecular flexibility index (Phi) is 4.51. The van der Waals surface area contributed by atoms with Crippen molar-refractivity contribution in [2.45, 2.75) is 6.42 Å². The van der Waals surface area contributed by atoms with E-state index in [9.17, 15) is 0 Å². The van der Waals surface area contributed by atoms with E-state index < -0.39 is 0 Å². The maximum Gasteiger partial charge on any atom is 0.0486 e. The monoisotopic (exact) mass is 252 g/mol. The molecule has 14 heavy (non-hydrogen) atoms. The second kappa shape index (κ2) is 5.69. The molecule has 0 bridgehead atoms. The van der Waals surface area contributed by atoms with Crippen LogP contribution in [0.25, 0.3) is 0 Å². The molecule has 3 N–H and O–H groups in total. The Hall–Kier alpha value is -0.980. The third-order valence-corrected chi connectivity index (χ3v) is 2.23. The van der Waals surface area contributed by atoms with E-state index in [-0.39, 0.29) is 0 Å². The number of hydrogen-bond donors (Lipinski definition) is 2. The van der Waals surface area contributed by atoms with E-state index in [2.05, 4.69) is 33.1 Å². The van der Waals surface area contributed by atoms with Crippen LogP contribution in [0.2, 0.25) is 0 Å². The molecular formula is C11H13BrN2. The van der Waals surface area contributed by atoms with Gasteiger partial charge in [0.1, 0.15) is 0 Å². The van der Waals surface area contributed by atoms with Gasteiger partial charge < -0.3 is 11.1 Å². The number of nitrogens with two attached hydrogens (primary N) is 1. The molecule has 0 aromatic heterocycles. The minimum atomic E-state index is 0.727. The number of nitrogens with one attached hydrogen (secondary N) is 1. The van der Waals surface area contributed by atoms with Gasteiger partial charge in [0, 0.05) is 28.7 Å². The largest absolute Gasteiger partial charge is 0.398 e. The first kappa shape index (κ1) is 11.1.